The fraction of sp³-hybridized carbons (Fsp3) is 0.344. The maximum absolute atomic E-state index is 14.4. The number of amides is 4. The van der Waals surface area contributed by atoms with E-state index in [1.807, 2.05) is 70.1 Å². The number of anilines is 4. The van der Waals surface area contributed by atoms with Gasteiger partial charge in [0.15, 0.2) is 11.8 Å². The maximum Gasteiger partial charge on any atom is 0.320 e. The number of aryl methyl sites for hydroxylation is 1. The molecule has 4 amide bonds. The molecular formula is C32H39N5O5. The van der Waals surface area contributed by atoms with E-state index in [1.165, 1.54) is 4.90 Å². The number of hydrogen-bond acceptors (Lipinski definition) is 6. The summed E-state index contributed by atoms with van der Waals surface area (Å²) in [5, 5.41) is 8.57. The van der Waals surface area contributed by atoms with Crippen molar-refractivity contribution in [2.24, 2.45) is 0 Å². The molecule has 222 valence electrons. The summed E-state index contributed by atoms with van der Waals surface area (Å²) in [7, 11) is 3.86. The van der Waals surface area contributed by atoms with E-state index >= 15 is 0 Å². The van der Waals surface area contributed by atoms with Crippen molar-refractivity contribution in [3.63, 3.8) is 0 Å². The first kappa shape index (κ1) is 30.5. The molecule has 1 heterocycles. The van der Waals surface area contributed by atoms with E-state index in [0.717, 1.165) is 11.3 Å². The van der Waals surface area contributed by atoms with Crippen LogP contribution in [0, 0.1) is 6.92 Å². The standard InChI is InChI=1S/C32H39N5O5/c1-6-41-29(42-7-2)21-37-27-11-9-8-10-26(27)32(30(37)39,20-28(38)33-23-14-12-22(3)13-15-23)35-31(40)34-24-16-18-25(19-17-24)36(4)5/h8-19,29H,6-7,20-21H2,1-5H3,(H,33,38)(H2,34,35,40). The lowest BCUT2D eigenvalue weighted by atomic mass is 9.87. The second-order valence-corrected chi connectivity index (χ2v) is 10.3. The highest BCUT2D eigenvalue weighted by Crippen LogP contribution is 2.43. The average molecular weight is 574 g/mol. The molecule has 3 N–H and O–H groups in total. The molecular weight excluding hydrogens is 534 g/mol. The number of rotatable bonds is 12. The Morgan fingerprint density at radius 2 is 1.48 bits per heavy atom. The lowest BCUT2D eigenvalue weighted by Gasteiger charge is -2.30. The van der Waals surface area contributed by atoms with Gasteiger partial charge in [-0.05, 0) is 63.2 Å². The summed E-state index contributed by atoms with van der Waals surface area (Å²) in [6.45, 7) is 6.54. The molecule has 0 fully saturated rings. The topological polar surface area (TPSA) is 112 Å². The van der Waals surface area contributed by atoms with Crippen LogP contribution in [0.3, 0.4) is 0 Å². The minimum atomic E-state index is -1.68. The predicted octanol–water partition coefficient (Wildman–Crippen LogP) is 4.85. The summed E-state index contributed by atoms with van der Waals surface area (Å²) < 4.78 is 11.5. The predicted molar refractivity (Wildman–Crippen MR) is 165 cm³/mol. The van der Waals surface area contributed by atoms with Crippen molar-refractivity contribution in [2.75, 3.05) is 54.3 Å². The minimum absolute atomic E-state index is 0.0914. The highest BCUT2D eigenvalue weighted by atomic mass is 16.7. The normalized spacial score (nSPS) is 15.9. The smallest absolute Gasteiger partial charge is 0.320 e. The molecule has 4 rings (SSSR count). The molecule has 0 aromatic heterocycles. The Labute approximate surface area is 247 Å². The Hall–Kier alpha value is -4.41. The van der Waals surface area contributed by atoms with E-state index in [4.69, 9.17) is 9.47 Å². The summed E-state index contributed by atoms with van der Waals surface area (Å²) in [6.07, 6.45) is -1.01. The molecule has 1 aliphatic heterocycles. The Kier molecular flexibility index (Phi) is 9.82. The molecule has 1 atom stereocenters. The molecule has 3 aromatic carbocycles. The first-order valence-electron chi connectivity index (χ1n) is 14.0. The molecule has 0 saturated carbocycles. The molecule has 0 radical (unpaired) electrons. The Balaban J connectivity index is 1.67. The second kappa shape index (κ2) is 13.5. The molecule has 10 nitrogen and oxygen atoms in total. The Bertz CT molecular complexity index is 1390. The summed E-state index contributed by atoms with van der Waals surface area (Å²) in [6, 6.07) is 21.2. The van der Waals surface area contributed by atoms with Crippen molar-refractivity contribution < 1.29 is 23.9 Å². The molecule has 0 aliphatic carbocycles. The first-order valence-corrected chi connectivity index (χ1v) is 14.0. The van der Waals surface area contributed by atoms with Gasteiger partial charge < -0.3 is 35.2 Å². The van der Waals surface area contributed by atoms with Gasteiger partial charge in [-0.25, -0.2) is 4.79 Å². The van der Waals surface area contributed by atoms with Crippen LogP contribution in [0.5, 0.6) is 0 Å². The molecule has 3 aromatic rings. The third-order valence-electron chi connectivity index (χ3n) is 7.03. The number of carbonyl (C=O) groups excluding carboxylic acids is 3. The van der Waals surface area contributed by atoms with Crippen LogP contribution in [-0.4, -0.2) is 58.0 Å². The SMILES string of the molecule is CCOC(CN1C(=O)C(CC(=O)Nc2ccc(C)cc2)(NC(=O)Nc2ccc(N(C)C)cc2)c2ccccc21)OCC. The first-order chi connectivity index (χ1) is 20.2. The van der Waals surface area contributed by atoms with Crippen molar-refractivity contribution in [3.05, 3.63) is 83.9 Å². The maximum atomic E-state index is 14.4. The molecule has 1 unspecified atom stereocenters. The van der Waals surface area contributed by atoms with E-state index in [9.17, 15) is 14.4 Å². The molecule has 10 heteroatoms. The quantitative estimate of drug-likeness (QED) is 0.267. The van der Waals surface area contributed by atoms with Crippen molar-refractivity contribution in [1.82, 2.24) is 5.32 Å². The minimum Gasteiger partial charge on any atom is -0.378 e. The average Bonchev–Trinajstić information content (AvgIpc) is 3.17. The summed E-state index contributed by atoms with van der Waals surface area (Å²) in [5.74, 6) is -0.879. The molecule has 0 saturated heterocycles. The fourth-order valence-corrected chi connectivity index (χ4v) is 5.00. The Morgan fingerprint density at radius 1 is 0.881 bits per heavy atom. The summed E-state index contributed by atoms with van der Waals surface area (Å²) in [5.41, 5.74) is 2.57. The zero-order chi connectivity index (χ0) is 30.3. The van der Waals surface area contributed by atoms with Gasteiger partial charge in [0.1, 0.15) is 0 Å². The third kappa shape index (κ3) is 6.89. The summed E-state index contributed by atoms with van der Waals surface area (Å²) in [4.78, 5) is 44.8. The number of nitrogens with one attached hydrogen (secondary N) is 3. The number of fused-ring (bicyclic) bond motifs is 1. The van der Waals surface area contributed by atoms with Gasteiger partial charge in [0.25, 0.3) is 5.91 Å². The van der Waals surface area contributed by atoms with Gasteiger partial charge in [-0.15, -0.1) is 0 Å². The van der Waals surface area contributed by atoms with Crippen LogP contribution in [0.15, 0.2) is 72.8 Å². The fourth-order valence-electron chi connectivity index (χ4n) is 5.00. The van der Waals surface area contributed by atoms with Gasteiger partial charge in [0.05, 0.1) is 18.7 Å². The molecule has 0 spiro atoms. The van der Waals surface area contributed by atoms with Crippen LogP contribution >= 0.6 is 0 Å². The van der Waals surface area contributed by atoms with E-state index in [0.29, 0.717) is 35.8 Å². The number of nitrogens with zero attached hydrogens (tertiary/aromatic N) is 2. The van der Waals surface area contributed by atoms with E-state index in [2.05, 4.69) is 16.0 Å². The van der Waals surface area contributed by atoms with Gasteiger partial charge in [0, 0.05) is 49.9 Å². The number of benzene rings is 3. The van der Waals surface area contributed by atoms with Crippen LogP contribution < -0.4 is 25.8 Å². The van der Waals surface area contributed by atoms with Gasteiger partial charge >= 0.3 is 6.03 Å². The van der Waals surface area contributed by atoms with Crippen LogP contribution in [0.25, 0.3) is 0 Å². The van der Waals surface area contributed by atoms with Gasteiger partial charge in [-0.1, -0.05) is 35.9 Å². The monoisotopic (exact) mass is 573 g/mol. The third-order valence-corrected chi connectivity index (χ3v) is 7.03. The number of hydrogen-bond donors (Lipinski definition) is 3. The van der Waals surface area contributed by atoms with Crippen LogP contribution in [0.1, 0.15) is 31.4 Å². The number of carbonyl (C=O) groups is 3. The van der Waals surface area contributed by atoms with Crippen LogP contribution in [0.4, 0.5) is 27.5 Å². The summed E-state index contributed by atoms with van der Waals surface area (Å²) >= 11 is 0. The molecule has 0 bridgehead atoms. The van der Waals surface area contributed by atoms with Crippen molar-refractivity contribution in [3.8, 4) is 0 Å². The van der Waals surface area contributed by atoms with E-state index in [1.54, 1.807) is 42.5 Å². The van der Waals surface area contributed by atoms with Gasteiger partial charge in [-0.2, -0.15) is 0 Å². The van der Waals surface area contributed by atoms with Crippen LogP contribution in [-0.2, 0) is 24.6 Å². The van der Waals surface area contributed by atoms with Crippen molar-refractivity contribution in [1.29, 1.82) is 0 Å². The van der Waals surface area contributed by atoms with Crippen molar-refractivity contribution >= 4 is 40.6 Å². The number of para-hydroxylation sites is 1. The van der Waals surface area contributed by atoms with E-state index < -0.39 is 29.7 Å². The molecule has 1 aliphatic rings. The number of urea groups is 1. The van der Waals surface area contributed by atoms with Crippen LogP contribution in [0.2, 0.25) is 0 Å². The van der Waals surface area contributed by atoms with Crippen molar-refractivity contribution in [2.45, 2.75) is 39.0 Å². The Morgan fingerprint density at radius 3 is 2.10 bits per heavy atom. The highest BCUT2D eigenvalue weighted by molar-refractivity contribution is 6.12. The van der Waals surface area contributed by atoms with Gasteiger partial charge in [0.2, 0.25) is 5.91 Å². The largest absolute Gasteiger partial charge is 0.378 e. The highest BCUT2D eigenvalue weighted by Gasteiger charge is 2.53. The van der Waals surface area contributed by atoms with E-state index in [-0.39, 0.29) is 13.0 Å². The van der Waals surface area contributed by atoms with Gasteiger partial charge in [-0.3, -0.25) is 9.59 Å². The zero-order valence-electron chi connectivity index (χ0n) is 24.8. The zero-order valence-corrected chi connectivity index (χ0v) is 24.8. The number of ether oxygens (including phenoxy) is 2. The molecule has 42 heavy (non-hydrogen) atoms. The second-order valence-electron chi connectivity index (χ2n) is 10.3. The lowest BCUT2D eigenvalue weighted by Crippen LogP contribution is -2.56. The lowest BCUT2D eigenvalue weighted by molar-refractivity contribution is -0.138.